The van der Waals surface area contributed by atoms with Crippen molar-refractivity contribution in [2.24, 2.45) is 5.92 Å². The average Bonchev–Trinajstić information content (AvgIpc) is 2.48. The Labute approximate surface area is 117 Å². The maximum atomic E-state index is 4.78. The van der Waals surface area contributed by atoms with Gasteiger partial charge in [0.2, 0.25) is 0 Å². The minimum atomic E-state index is 0.882. The Kier molecular flexibility index (Phi) is 5.64. The Balaban J connectivity index is 1.91. The second-order valence-electron chi connectivity index (χ2n) is 5.50. The van der Waals surface area contributed by atoms with Crippen molar-refractivity contribution in [1.29, 1.82) is 0 Å². The number of aromatic nitrogens is 1. The lowest BCUT2D eigenvalue weighted by atomic mass is 9.94. The molecule has 3 heteroatoms. The molecular weight excluding hydrogens is 234 g/mol. The van der Waals surface area contributed by atoms with Gasteiger partial charge < -0.3 is 10.2 Å². The molecule has 19 heavy (non-hydrogen) atoms. The summed E-state index contributed by atoms with van der Waals surface area (Å²) in [4.78, 5) is 7.22. The fourth-order valence-corrected chi connectivity index (χ4v) is 2.71. The number of nitrogens with zero attached hydrogens (tertiary/aromatic N) is 2. The first-order valence-corrected chi connectivity index (χ1v) is 7.75. The summed E-state index contributed by atoms with van der Waals surface area (Å²) in [5.41, 5.74) is 1.16. The van der Waals surface area contributed by atoms with Gasteiger partial charge in [0.05, 0.1) is 5.69 Å². The van der Waals surface area contributed by atoms with Crippen molar-refractivity contribution in [3.05, 3.63) is 23.9 Å². The van der Waals surface area contributed by atoms with E-state index in [0.717, 1.165) is 43.6 Å². The van der Waals surface area contributed by atoms with Gasteiger partial charge in [0.15, 0.2) is 0 Å². The largest absolute Gasteiger partial charge is 0.357 e. The van der Waals surface area contributed by atoms with Gasteiger partial charge in [-0.25, -0.2) is 4.98 Å². The van der Waals surface area contributed by atoms with E-state index in [0.29, 0.717) is 0 Å². The molecule has 0 amide bonds. The number of hydrogen-bond donors (Lipinski definition) is 1. The highest BCUT2D eigenvalue weighted by atomic mass is 15.2. The molecule has 1 aromatic rings. The van der Waals surface area contributed by atoms with Crippen LogP contribution in [-0.4, -0.2) is 24.6 Å². The Morgan fingerprint density at radius 2 is 2.05 bits per heavy atom. The maximum Gasteiger partial charge on any atom is 0.128 e. The molecule has 0 bridgehead atoms. The van der Waals surface area contributed by atoms with Crippen LogP contribution in [0.4, 0.5) is 5.82 Å². The van der Waals surface area contributed by atoms with Gasteiger partial charge in [-0.05, 0) is 43.9 Å². The Morgan fingerprint density at radius 3 is 2.74 bits per heavy atom. The summed E-state index contributed by atoms with van der Waals surface area (Å²) in [6.45, 7) is 8.77. The summed E-state index contributed by atoms with van der Waals surface area (Å²) >= 11 is 0. The van der Waals surface area contributed by atoms with E-state index in [2.05, 4.69) is 42.3 Å². The van der Waals surface area contributed by atoms with Gasteiger partial charge in [0, 0.05) is 19.6 Å². The lowest BCUT2D eigenvalue weighted by Crippen LogP contribution is -2.34. The minimum absolute atomic E-state index is 0.882. The van der Waals surface area contributed by atoms with Gasteiger partial charge in [0.25, 0.3) is 0 Å². The molecule has 0 spiro atoms. The number of nitrogens with one attached hydrogen (secondary N) is 1. The average molecular weight is 261 g/mol. The zero-order valence-electron chi connectivity index (χ0n) is 12.4. The first kappa shape index (κ1) is 14.3. The van der Waals surface area contributed by atoms with Crippen LogP contribution in [0.3, 0.4) is 0 Å². The summed E-state index contributed by atoms with van der Waals surface area (Å²) in [7, 11) is 0. The van der Waals surface area contributed by atoms with Crippen molar-refractivity contribution in [2.75, 3.05) is 24.5 Å². The van der Waals surface area contributed by atoms with E-state index in [1.807, 2.05) is 0 Å². The number of anilines is 1. The fraction of sp³-hybridized carbons (Fsp3) is 0.688. The molecule has 1 fully saturated rings. The van der Waals surface area contributed by atoms with Gasteiger partial charge in [0.1, 0.15) is 5.82 Å². The van der Waals surface area contributed by atoms with E-state index in [4.69, 9.17) is 4.98 Å². The zero-order chi connectivity index (χ0) is 13.5. The van der Waals surface area contributed by atoms with Crippen LogP contribution in [0.15, 0.2) is 18.2 Å². The molecule has 0 saturated carbocycles. The molecule has 0 aromatic carbocycles. The molecule has 2 rings (SSSR count). The van der Waals surface area contributed by atoms with Crippen LogP contribution in [0.1, 0.15) is 45.2 Å². The fourth-order valence-electron chi connectivity index (χ4n) is 2.71. The van der Waals surface area contributed by atoms with Crippen LogP contribution in [0.25, 0.3) is 0 Å². The molecule has 2 heterocycles. The van der Waals surface area contributed by atoms with Crippen molar-refractivity contribution in [3.8, 4) is 0 Å². The SMILES string of the molecule is CCCNCc1cccc(N2CCC(CC)CC2)n1. The molecule has 1 aromatic heterocycles. The normalized spacial score (nSPS) is 16.8. The van der Waals surface area contributed by atoms with E-state index < -0.39 is 0 Å². The minimum Gasteiger partial charge on any atom is -0.357 e. The van der Waals surface area contributed by atoms with Gasteiger partial charge >= 0.3 is 0 Å². The van der Waals surface area contributed by atoms with Crippen molar-refractivity contribution < 1.29 is 0 Å². The molecule has 1 aliphatic heterocycles. The van der Waals surface area contributed by atoms with Gasteiger partial charge in [-0.2, -0.15) is 0 Å². The smallest absolute Gasteiger partial charge is 0.128 e. The Morgan fingerprint density at radius 1 is 1.26 bits per heavy atom. The Bertz CT molecular complexity index is 370. The molecule has 1 aliphatic rings. The van der Waals surface area contributed by atoms with E-state index >= 15 is 0 Å². The molecule has 0 aliphatic carbocycles. The first-order valence-electron chi connectivity index (χ1n) is 7.75. The quantitative estimate of drug-likeness (QED) is 0.797. The van der Waals surface area contributed by atoms with Crippen molar-refractivity contribution in [3.63, 3.8) is 0 Å². The first-order chi connectivity index (χ1) is 9.33. The van der Waals surface area contributed by atoms with Crippen LogP contribution in [0.2, 0.25) is 0 Å². The number of piperidine rings is 1. The van der Waals surface area contributed by atoms with Crippen LogP contribution in [-0.2, 0) is 6.54 Å². The third-order valence-electron chi connectivity index (χ3n) is 4.04. The number of hydrogen-bond acceptors (Lipinski definition) is 3. The monoisotopic (exact) mass is 261 g/mol. The second kappa shape index (κ2) is 7.49. The zero-order valence-corrected chi connectivity index (χ0v) is 12.4. The molecule has 1 saturated heterocycles. The van der Waals surface area contributed by atoms with Gasteiger partial charge in [-0.15, -0.1) is 0 Å². The summed E-state index contributed by atoms with van der Waals surface area (Å²) in [6.07, 6.45) is 5.12. The predicted octanol–water partition coefficient (Wildman–Crippen LogP) is 3.21. The Hall–Kier alpha value is -1.09. The predicted molar refractivity (Wildman–Crippen MR) is 81.5 cm³/mol. The van der Waals surface area contributed by atoms with Crippen molar-refractivity contribution in [2.45, 2.75) is 46.1 Å². The molecule has 0 radical (unpaired) electrons. The molecule has 0 atom stereocenters. The highest BCUT2D eigenvalue weighted by molar-refractivity contribution is 5.39. The summed E-state index contributed by atoms with van der Waals surface area (Å²) in [6, 6.07) is 6.40. The summed E-state index contributed by atoms with van der Waals surface area (Å²) in [5, 5.41) is 3.42. The third kappa shape index (κ3) is 4.20. The van der Waals surface area contributed by atoms with E-state index in [-0.39, 0.29) is 0 Å². The summed E-state index contributed by atoms with van der Waals surface area (Å²) in [5.74, 6) is 2.08. The standard InChI is InChI=1S/C16H27N3/c1-3-10-17-13-15-6-5-7-16(18-15)19-11-8-14(4-2)9-12-19/h5-7,14,17H,3-4,8-13H2,1-2H3. The van der Waals surface area contributed by atoms with Crippen LogP contribution in [0, 0.1) is 5.92 Å². The second-order valence-corrected chi connectivity index (χ2v) is 5.50. The lowest BCUT2D eigenvalue weighted by Gasteiger charge is -2.32. The van der Waals surface area contributed by atoms with Gasteiger partial charge in [-0.1, -0.05) is 26.3 Å². The molecule has 1 N–H and O–H groups in total. The summed E-state index contributed by atoms with van der Waals surface area (Å²) < 4.78 is 0. The molecular formula is C16H27N3. The third-order valence-corrected chi connectivity index (χ3v) is 4.04. The maximum absolute atomic E-state index is 4.78. The van der Waals surface area contributed by atoms with Crippen molar-refractivity contribution in [1.82, 2.24) is 10.3 Å². The van der Waals surface area contributed by atoms with E-state index in [1.54, 1.807) is 0 Å². The molecule has 0 unspecified atom stereocenters. The van der Waals surface area contributed by atoms with Crippen LogP contribution in [0.5, 0.6) is 0 Å². The molecule has 106 valence electrons. The highest BCUT2D eigenvalue weighted by Crippen LogP contribution is 2.23. The topological polar surface area (TPSA) is 28.2 Å². The molecule has 3 nitrogen and oxygen atoms in total. The number of pyridine rings is 1. The lowest BCUT2D eigenvalue weighted by molar-refractivity contribution is 0.393. The van der Waals surface area contributed by atoms with Crippen molar-refractivity contribution >= 4 is 5.82 Å². The van der Waals surface area contributed by atoms with E-state index in [9.17, 15) is 0 Å². The number of rotatable bonds is 6. The van der Waals surface area contributed by atoms with E-state index in [1.165, 1.54) is 25.7 Å². The van der Waals surface area contributed by atoms with Crippen LogP contribution >= 0.6 is 0 Å². The van der Waals surface area contributed by atoms with Gasteiger partial charge in [-0.3, -0.25) is 0 Å². The van der Waals surface area contributed by atoms with Crippen LogP contribution < -0.4 is 10.2 Å². The highest BCUT2D eigenvalue weighted by Gasteiger charge is 2.18.